The Balaban J connectivity index is 1.33. The quantitative estimate of drug-likeness (QED) is 0.609. The van der Waals surface area contributed by atoms with Crippen LogP contribution in [0.4, 0.5) is 4.39 Å². The van der Waals surface area contributed by atoms with E-state index in [0.29, 0.717) is 12.6 Å². The van der Waals surface area contributed by atoms with Crippen LogP contribution in [0.1, 0.15) is 42.1 Å². The van der Waals surface area contributed by atoms with Gasteiger partial charge in [-0.05, 0) is 81.1 Å². The van der Waals surface area contributed by atoms with Gasteiger partial charge in [0.05, 0.1) is 6.61 Å². The van der Waals surface area contributed by atoms with E-state index in [9.17, 15) is 4.39 Å². The number of rotatable bonds is 6. The number of ether oxygens (including phenoxy) is 1. The molecule has 1 aliphatic rings. The van der Waals surface area contributed by atoms with Crippen LogP contribution >= 0.6 is 0 Å². The molecule has 0 aliphatic heterocycles. The average molecular weight is 352 g/mol. The fourth-order valence-corrected chi connectivity index (χ4v) is 3.85. The Labute approximate surface area is 153 Å². The first-order valence-electron chi connectivity index (χ1n) is 9.43. The van der Waals surface area contributed by atoms with Crippen LogP contribution in [0.3, 0.4) is 0 Å². The van der Waals surface area contributed by atoms with Crippen LogP contribution in [0.15, 0.2) is 42.5 Å². The van der Waals surface area contributed by atoms with E-state index in [1.807, 2.05) is 0 Å². The van der Waals surface area contributed by atoms with Crippen molar-refractivity contribution < 1.29 is 9.13 Å². The predicted octanol–water partition coefficient (Wildman–Crippen LogP) is 5.05. The second kappa shape index (κ2) is 7.50. The third kappa shape index (κ3) is 3.61. The summed E-state index contributed by atoms with van der Waals surface area (Å²) >= 11 is 0. The molecule has 1 aliphatic carbocycles. The number of halogens is 1. The van der Waals surface area contributed by atoms with E-state index in [0.717, 1.165) is 31.6 Å². The van der Waals surface area contributed by atoms with Crippen LogP contribution in [-0.4, -0.2) is 18.1 Å². The predicted molar refractivity (Wildman–Crippen MR) is 103 cm³/mol. The lowest BCUT2D eigenvalue weighted by Crippen LogP contribution is -2.27. The normalized spacial score (nSPS) is 16.6. The summed E-state index contributed by atoms with van der Waals surface area (Å²) in [7, 11) is 0. The van der Waals surface area contributed by atoms with Gasteiger partial charge in [0.2, 0.25) is 0 Å². The van der Waals surface area contributed by atoms with Gasteiger partial charge in [0, 0.05) is 22.6 Å². The Bertz CT molecular complexity index is 885. The molecule has 136 valence electrons. The minimum atomic E-state index is -0.236. The molecule has 2 N–H and O–H groups in total. The third-order valence-corrected chi connectivity index (χ3v) is 5.16. The molecule has 0 fully saturated rings. The number of hydrogen-bond donors (Lipinski definition) is 2. The highest BCUT2D eigenvalue weighted by Gasteiger charge is 2.23. The van der Waals surface area contributed by atoms with E-state index in [2.05, 4.69) is 35.4 Å². The zero-order valence-corrected chi connectivity index (χ0v) is 15.1. The molecule has 3 nitrogen and oxygen atoms in total. The van der Waals surface area contributed by atoms with Crippen molar-refractivity contribution >= 4 is 10.9 Å². The van der Waals surface area contributed by atoms with Gasteiger partial charge < -0.3 is 15.0 Å². The molecular weight excluding hydrogens is 327 g/mol. The molecule has 4 rings (SSSR count). The summed E-state index contributed by atoms with van der Waals surface area (Å²) in [5.74, 6) is 0.484. The van der Waals surface area contributed by atoms with Crippen molar-refractivity contribution in [3.05, 3.63) is 65.1 Å². The highest BCUT2D eigenvalue weighted by molar-refractivity contribution is 5.85. The van der Waals surface area contributed by atoms with Crippen molar-refractivity contribution in [3.63, 3.8) is 0 Å². The second-order valence-corrected chi connectivity index (χ2v) is 7.12. The van der Waals surface area contributed by atoms with Gasteiger partial charge >= 0.3 is 0 Å². The van der Waals surface area contributed by atoms with Crippen LogP contribution in [0, 0.1) is 12.7 Å². The topological polar surface area (TPSA) is 37.0 Å². The minimum Gasteiger partial charge on any atom is -0.494 e. The zero-order chi connectivity index (χ0) is 17.9. The van der Waals surface area contributed by atoms with Crippen LogP contribution in [0.25, 0.3) is 10.9 Å². The van der Waals surface area contributed by atoms with Crippen molar-refractivity contribution in [1.29, 1.82) is 0 Å². The van der Waals surface area contributed by atoms with E-state index in [1.165, 1.54) is 46.3 Å². The highest BCUT2D eigenvalue weighted by Crippen LogP contribution is 2.35. The first kappa shape index (κ1) is 17.1. The van der Waals surface area contributed by atoms with Gasteiger partial charge in [0.25, 0.3) is 0 Å². The molecule has 0 saturated carbocycles. The fraction of sp³-hybridized carbons (Fsp3) is 0.364. The lowest BCUT2D eigenvalue weighted by Gasteiger charge is -2.24. The van der Waals surface area contributed by atoms with Crippen LogP contribution in [0.5, 0.6) is 5.75 Å². The maximum atomic E-state index is 12.9. The Morgan fingerprint density at radius 1 is 1.19 bits per heavy atom. The van der Waals surface area contributed by atoms with E-state index >= 15 is 0 Å². The summed E-state index contributed by atoms with van der Waals surface area (Å²) in [6, 6.07) is 13.2. The number of benzene rings is 2. The molecule has 0 radical (unpaired) electrons. The monoisotopic (exact) mass is 352 g/mol. The molecule has 26 heavy (non-hydrogen) atoms. The SMILES string of the molecule is Cc1ccc2[nH]c3c(c2c1)CCC[C@@H]3NCCCOc1ccc(F)cc1. The van der Waals surface area contributed by atoms with Crippen LogP contribution < -0.4 is 10.1 Å². The summed E-state index contributed by atoms with van der Waals surface area (Å²) in [5.41, 5.74) is 5.40. The van der Waals surface area contributed by atoms with Gasteiger partial charge in [0.1, 0.15) is 11.6 Å². The lowest BCUT2D eigenvalue weighted by molar-refractivity contribution is 0.302. The van der Waals surface area contributed by atoms with E-state index in [1.54, 1.807) is 12.1 Å². The number of H-pyrrole nitrogens is 1. The Morgan fingerprint density at radius 3 is 2.88 bits per heavy atom. The molecule has 0 saturated heterocycles. The molecule has 0 amide bonds. The third-order valence-electron chi connectivity index (χ3n) is 5.16. The van der Waals surface area contributed by atoms with Crippen molar-refractivity contribution in [2.45, 2.75) is 38.6 Å². The number of hydrogen-bond acceptors (Lipinski definition) is 2. The summed E-state index contributed by atoms with van der Waals surface area (Å²) in [6.07, 6.45) is 4.46. The number of aryl methyl sites for hydroxylation is 2. The minimum absolute atomic E-state index is 0.236. The fourth-order valence-electron chi connectivity index (χ4n) is 3.85. The smallest absolute Gasteiger partial charge is 0.123 e. The van der Waals surface area contributed by atoms with Gasteiger partial charge in [-0.3, -0.25) is 0 Å². The van der Waals surface area contributed by atoms with Gasteiger partial charge in [-0.25, -0.2) is 4.39 Å². The number of fused-ring (bicyclic) bond motifs is 3. The lowest BCUT2D eigenvalue weighted by atomic mass is 9.91. The molecular formula is C22H25FN2O. The summed E-state index contributed by atoms with van der Waals surface area (Å²) < 4.78 is 18.6. The Hall–Kier alpha value is -2.33. The Morgan fingerprint density at radius 2 is 2.04 bits per heavy atom. The van der Waals surface area contributed by atoms with E-state index in [-0.39, 0.29) is 5.82 Å². The average Bonchev–Trinajstić information content (AvgIpc) is 3.02. The zero-order valence-electron chi connectivity index (χ0n) is 15.1. The molecule has 1 atom stereocenters. The molecule has 1 heterocycles. The highest BCUT2D eigenvalue weighted by atomic mass is 19.1. The molecule has 1 aromatic heterocycles. The maximum Gasteiger partial charge on any atom is 0.123 e. The van der Waals surface area contributed by atoms with Crippen LogP contribution in [0.2, 0.25) is 0 Å². The standard InChI is InChI=1S/C22H25FN2O/c1-15-6-11-20-19(14-15)18-4-2-5-21(22(18)25-20)24-12-3-13-26-17-9-7-16(23)8-10-17/h6-11,14,21,24-25H,2-5,12-13H2,1H3/t21-/m0/s1. The van der Waals surface area contributed by atoms with Gasteiger partial charge in [-0.15, -0.1) is 0 Å². The van der Waals surface area contributed by atoms with Crippen LogP contribution in [-0.2, 0) is 6.42 Å². The largest absolute Gasteiger partial charge is 0.494 e. The summed E-state index contributed by atoms with van der Waals surface area (Å²) in [6.45, 7) is 3.68. The molecule has 0 bridgehead atoms. The Kier molecular flexibility index (Phi) is 4.93. The van der Waals surface area contributed by atoms with E-state index in [4.69, 9.17) is 4.74 Å². The number of aromatic nitrogens is 1. The summed E-state index contributed by atoms with van der Waals surface area (Å²) in [4.78, 5) is 3.64. The van der Waals surface area contributed by atoms with Gasteiger partial charge in [-0.2, -0.15) is 0 Å². The van der Waals surface area contributed by atoms with Crippen molar-refractivity contribution in [2.75, 3.05) is 13.2 Å². The second-order valence-electron chi connectivity index (χ2n) is 7.12. The van der Waals surface area contributed by atoms with E-state index < -0.39 is 0 Å². The van der Waals surface area contributed by atoms with Crippen molar-refractivity contribution in [2.24, 2.45) is 0 Å². The molecule has 0 unspecified atom stereocenters. The molecule has 2 aromatic carbocycles. The molecule has 4 heteroatoms. The first-order chi connectivity index (χ1) is 12.7. The molecule has 3 aromatic rings. The van der Waals surface area contributed by atoms with Crippen molar-refractivity contribution in [3.8, 4) is 5.75 Å². The number of aromatic amines is 1. The summed E-state index contributed by atoms with van der Waals surface area (Å²) in [5, 5.41) is 5.06. The van der Waals surface area contributed by atoms with Crippen molar-refractivity contribution in [1.82, 2.24) is 10.3 Å². The molecule has 0 spiro atoms. The maximum absolute atomic E-state index is 12.9. The van der Waals surface area contributed by atoms with Gasteiger partial charge in [0.15, 0.2) is 0 Å². The first-order valence-corrected chi connectivity index (χ1v) is 9.43. The number of nitrogens with one attached hydrogen (secondary N) is 2. The van der Waals surface area contributed by atoms with Gasteiger partial charge in [-0.1, -0.05) is 11.6 Å².